The fourth-order valence-electron chi connectivity index (χ4n) is 1.93. The average molecular weight is 338 g/mol. The molecular weight excluding hydrogens is 321 g/mol. The molecule has 116 valence electrons. The molecule has 22 heavy (non-hydrogen) atoms. The lowest BCUT2D eigenvalue weighted by Crippen LogP contribution is -2.37. The van der Waals surface area contributed by atoms with Gasteiger partial charge in [0.15, 0.2) is 6.10 Å². The van der Waals surface area contributed by atoms with Crippen LogP contribution in [0.15, 0.2) is 48.5 Å². The summed E-state index contributed by atoms with van der Waals surface area (Å²) in [6, 6.07) is 14.9. The lowest BCUT2D eigenvalue weighted by molar-refractivity contribution is -0.127. The van der Waals surface area contributed by atoms with E-state index in [4.69, 9.17) is 27.9 Å². The average Bonchev–Trinajstić information content (AvgIpc) is 2.51. The van der Waals surface area contributed by atoms with Crippen molar-refractivity contribution in [2.45, 2.75) is 19.4 Å². The summed E-state index contributed by atoms with van der Waals surface area (Å²) in [4.78, 5) is 12.0. The van der Waals surface area contributed by atoms with Gasteiger partial charge in [-0.05, 0) is 37.1 Å². The predicted octanol–water partition coefficient (Wildman–Crippen LogP) is 4.12. The molecule has 1 unspecified atom stereocenters. The minimum atomic E-state index is -0.630. The van der Waals surface area contributed by atoms with Crippen LogP contribution in [0.2, 0.25) is 10.0 Å². The van der Waals surface area contributed by atoms with Gasteiger partial charge < -0.3 is 10.1 Å². The van der Waals surface area contributed by atoms with Crippen molar-refractivity contribution in [1.29, 1.82) is 0 Å². The van der Waals surface area contributed by atoms with E-state index in [2.05, 4.69) is 5.32 Å². The zero-order valence-corrected chi connectivity index (χ0v) is 13.7. The van der Waals surface area contributed by atoms with Crippen molar-refractivity contribution in [1.82, 2.24) is 5.32 Å². The van der Waals surface area contributed by atoms with Gasteiger partial charge in [-0.25, -0.2) is 0 Å². The summed E-state index contributed by atoms with van der Waals surface area (Å²) < 4.78 is 5.56. The van der Waals surface area contributed by atoms with Gasteiger partial charge in [-0.1, -0.05) is 53.5 Å². The number of carbonyl (C=O) groups is 1. The summed E-state index contributed by atoms with van der Waals surface area (Å²) in [6.07, 6.45) is 0.149. The Morgan fingerprint density at radius 3 is 2.59 bits per heavy atom. The first kappa shape index (κ1) is 16.7. The largest absolute Gasteiger partial charge is 0.479 e. The molecule has 0 aliphatic carbocycles. The van der Waals surface area contributed by atoms with Gasteiger partial charge in [0, 0.05) is 11.6 Å². The Morgan fingerprint density at radius 2 is 1.91 bits per heavy atom. The molecule has 3 nitrogen and oxygen atoms in total. The molecule has 0 aliphatic heterocycles. The molecule has 0 heterocycles. The summed E-state index contributed by atoms with van der Waals surface area (Å²) in [5.41, 5.74) is 1.18. The standard InChI is InChI=1S/C17H17Cl2NO2/c1-12(22-16-8-7-14(18)11-15(16)19)17(21)20-10-9-13-5-3-2-4-6-13/h2-8,11-12H,9-10H2,1H3,(H,20,21). The third-order valence-electron chi connectivity index (χ3n) is 3.12. The van der Waals surface area contributed by atoms with Crippen LogP contribution in [0.4, 0.5) is 0 Å². The highest BCUT2D eigenvalue weighted by Gasteiger charge is 2.15. The summed E-state index contributed by atoms with van der Waals surface area (Å²) in [5, 5.41) is 3.76. The van der Waals surface area contributed by atoms with Crippen LogP contribution in [0.1, 0.15) is 12.5 Å². The Hall–Kier alpha value is -1.71. The van der Waals surface area contributed by atoms with Crippen LogP contribution < -0.4 is 10.1 Å². The van der Waals surface area contributed by atoms with Gasteiger partial charge in [0.25, 0.3) is 5.91 Å². The second kappa shape index (κ2) is 8.06. The van der Waals surface area contributed by atoms with Crippen LogP contribution in [-0.4, -0.2) is 18.6 Å². The van der Waals surface area contributed by atoms with Gasteiger partial charge in [0.05, 0.1) is 5.02 Å². The Kier molecular flexibility index (Phi) is 6.10. The minimum absolute atomic E-state index is 0.179. The molecule has 0 fully saturated rings. The highest BCUT2D eigenvalue weighted by atomic mass is 35.5. The van der Waals surface area contributed by atoms with E-state index < -0.39 is 6.10 Å². The first-order valence-electron chi connectivity index (χ1n) is 6.99. The van der Waals surface area contributed by atoms with Crippen molar-refractivity contribution in [2.24, 2.45) is 0 Å². The molecule has 2 aromatic rings. The topological polar surface area (TPSA) is 38.3 Å². The molecule has 0 bridgehead atoms. The molecule has 0 radical (unpaired) electrons. The van der Waals surface area contributed by atoms with Gasteiger partial charge in [0.1, 0.15) is 5.75 Å². The van der Waals surface area contributed by atoms with Crippen molar-refractivity contribution in [2.75, 3.05) is 6.54 Å². The number of nitrogens with one attached hydrogen (secondary N) is 1. The van der Waals surface area contributed by atoms with Crippen LogP contribution in [0.5, 0.6) is 5.75 Å². The molecule has 0 spiro atoms. The van der Waals surface area contributed by atoms with Gasteiger partial charge >= 0.3 is 0 Å². The molecule has 2 rings (SSSR count). The van der Waals surface area contributed by atoms with Crippen LogP contribution in [0.25, 0.3) is 0 Å². The quantitative estimate of drug-likeness (QED) is 0.860. The van der Waals surface area contributed by atoms with Crippen molar-refractivity contribution >= 4 is 29.1 Å². The zero-order valence-electron chi connectivity index (χ0n) is 12.2. The normalized spacial score (nSPS) is 11.8. The van der Waals surface area contributed by atoms with E-state index in [1.165, 1.54) is 5.56 Å². The summed E-state index contributed by atoms with van der Waals surface area (Å²) >= 11 is 11.8. The van der Waals surface area contributed by atoms with Gasteiger partial charge in [0.2, 0.25) is 0 Å². The molecule has 0 aromatic heterocycles. The number of rotatable bonds is 6. The number of ether oxygens (including phenoxy) is 1. The SMILES string of the molecule is CC(Oc1ccc(Cl)cc1Cl)C(=O)NCCc1ccccc1. The molecule has 0 saturated carbocycles. The first-order valence-corrected chi connectivity index (χ1v) is 7.75. The molecule has 0 saturated heterocycles. The molecule has 0 aliphatic rings. The van der Waals surface area contributed by atoms with E-state index in [9.17, 15) is 4.79 Å². The molecular formula is C17H17Cl2NO2. The summed E-state index contributed by atoms with van der Waals surface area (Å²) in [6.45, 7) is 2.24. The van der Waals surface area contributed by atoms with E-state index in [-0.39, 0.29) is 5.91 Å². The number of carbonyl (C=O) groups excluding carboxylic acids is 1. The number of benzene rings is 2. The second-order valence-corrected chi connectivity index (χ2v) is 5.71. The van der Waals surface area contributed by atoms with E-state index >= 15 is 0 Å². The Balaban J connectivity index is 1.82. The van der Waals surface area contributed by atoms with E-state index in [0.717, 1.165) is 6.42 Å². The van der Waals surface area contributed by atoms with Crippen LogP contribution in [-0.2, 0) is 11.2 Å². The van der Waals surface area contributed by atoms with E-state index in [1.54, 1.807) is 25.1 Å². The van der Waals surface area contributed by atoms with Crippen molar-refractivity contribution in [3.05, 3.63) is 64.1 Å². The predicted molar refractivity (Wildman–Crippen MR) is 89.7 cm³/mol. The van der Waals surface area contributed by atoms with E-state index in [1.807, 2.05) is 30.3 Å². The molecule has 1 atom stereocenters. The lowest BCUT2D eigenvalue weighted by atomic mass is 10.1. The fourth-order valence-corrected chi connectivity index (χ4v) is 2.39. The Bertz CT molecular complexity index is 632. The monoisotopic (exact) mass is 337 g/mol. The van der Waals surface area contributed by atoms with Gasteiger partial charge in [-0.15, -0.1) is 0 Å². The molecule has 1 amide bonds. The highest BCUT2D eigenvalue weighted by molar-refractivity contribution is 6.35. The number of hydrogen-bond acceptors (Lipinski definition) is 2. The summed E-state index contributed by atoms with van der Waals surface area (Å²) in [5.74, 6) is 0.263. The molecule has 2 aromatic carbocycles. The number of amides is 1. The van der Waals surface area contributed by atoms with Crippen molar-refractivity contribution < 1.29 is 9.53 Å². The fraction of sp³-hybridized carbons (Fsp3) is 0.235. The molecule has 1 N–H and O–H groups in total. The summed E-state index contributed by atoms with van der Waals surface area (Å²) in [7, 11) is 0. The smallest absolute Gasteiger partial charge is 0.260 e. The zero-order chi connectivity index (χ0) is 15.9. The van der Waals surface area contributed by atoms with Crippen LogP contribution >= 0.6 is 23.2 Å². The van der Waals surface area contributed by atoms with Crippen molar-refractivity contribution in [3.63, 3.8) is 0 Å². The Morgan fingerprint density at radius 1 is 1.18 bits per heavy atom. The van der Waals surface area contributed by atoms with Gasteiger partial charge in [-0.2, -0.15) is 0 Å². The highest BCUT2D eigenvalue weighted by Crippen LogP contribution is 2.28. The van der Waals surface area contributed by atoms with E-state index in [0.29, 0.717) is 22.3 Å². The van der Waals surface area contributed by atoms with Crippen LogP contribution in [0, 0.1) is 0 Å². The maximum Gasteiger partial charge on any atom is 0.260 e. The first-order chi connectivity index (χ1) is 10.6. The Labute approximate surface area is 140 Å². The number of hydrogen-bond donors (Lipinski definition) is 1. The molecule has 5 heteroatoms. The van der Waals surface area contributed by atoms with Crippen LogP contribution in [0.3, 0.4) is 0 Å². The minimum Gasteiger partial charge on any atom is -0.479 e. The maximum absolute atomic E-state index is 12.0. The van der Waals surface area contributed by atoms with Crippen molar-refractivity contribution in [3.8, 4) is 5.75 Å². The lowest BCUT2D eigenvalue weighted by Gasteiger charge is -2.15. The third kappa shape index (κ3) is 4.93. The maximum atomic E-state index is 12.0. The number of halogens is 2. The second-order valence-electron chi connectivity index (χ2n) is 4.86. The van der Waals surface area contributed by atoms with Gasteiger partial charge in [-0.3, -0.25) is 4.79 Å². The third-order valence-corrected chi connectivity index (χ3v) is 3.65.